The molecule has 0 spiro atoms. The van der Waals surface area contributed by atoms with Crippen molar-refractivity contribution in [3.8, 4) is 0 Å². The van der Waals surface area contributed by atoms with E-state index in [1.165, 1.54) is 31.4 Å². The fraction of sp³-hybridized carbons (Fsp3) is 0.300. The van der Waals surface area contributed by atoms with E-state index in [-0.39, 0.29) is 5.56 Å². The summed E-state index contributed by atoms with van der Waals surface area (Å²) in [6.07, 6.45) is -2.52. The SMILES string of the molecule is COC(=O)c1cccc(C(Br)C(F)F)c1. The van der Waals surface area contributed by atoms with Gasteiger partial charge in [0.2, 0.25) is 0 Å². The third kappa shape index (κ3) is 2.99. The maximum Gasteiger partial charge on any atom is 0.337 e. The van der Waals surface area contributed by atoms with E-state index < -0.39 is 17.2 Å². The van der Waals surface area contributed by atoms with Gasteiger partial charge >= 0.3 is 5.97 Å². The average Bonchev–Trinajstić information content (AvgIpc) is 2.27. The monoisotopic (exact) mass is 278 g/mol. The zero-order chi connectivity index (χ0) is 11.4. The Labute approximate surface area is 94.4 Å². The van der Waals surface area contributed by atoms with Crippen LogP contribution in [0.4, 0.5) is 8.78 Å². The molecule has 0 radical (unpaired) electrons. The van der Waals surface area contributed by atoms with Crippen molar-refractivity contribution < 1.29 is 18.3 Å². The van der Waals surface area contributed by atoms with Crippen molar-refractivity contribution in [2.24, 2.45) is 0 Å². The highest BCUT2D eigenvalue weighted by atomic mass is 79.9. The topological polar surface area (TPSA) is 26.3 Å². The van der Waals surface area contributed by atoms with Gasteiger partial charge in [-0.3, -0.25) is 0 Å². The fourth-order valence-corrected chi connectivity index (χ4v) is 1.39. The lowest BCUT2D eigenvalue weighted by Crippen LogP contribution is -2.05. The largest absolute Gasteiger partial charge is 0.465 e. The number of rotatable bonds is 3. The number of carbonyl (C=O) groups excluding carboxylic acids is 1. The van der Waals surface area contributed by atoms with Crippen molar-refractivity contribution >= 4 is 21.9 Å². The molecule has 0 aliphatic heterocycles. The molecular formula is C10H9BrF2O2. The predicted molar refractivity (Wildman–Crippen MR) is 55.5 cm³/mol. The molecule has 0 aliphatic rings. The lowest BCUT2D eigenvalue weighted by atomic mass is 10.1. The summed E-state index contributed by atoms with van der Waals surface area (Å²) in [5.74, 6) is -0.536. The number of esters is 1. The predicted octanol–water partition coefficient (Wildman–Crippen LogP) is 3.17. The van der Waals surface area contributed by atoms with E-state index in [1.54, 1.807) is 0 Å². The quantitative estimate of drug-likeness (QED) is 0.627. The Morgan fingerprint density at radius 1 is 1.47 bits per heavy atom. The van der Waals surface area contributed by atoms with Crippen LogP contribution in [0.5, 0.6) is 0 Å². The van der Waals surface area contributed by atoms with Gasteiger partial charge in [-0.2, -0.15) is 0 Å². The lowest BCUT2D eigenvalue weighted by molar-refractivity contribution is 0.0600. The summed E-state index contributed by atoms with van der Waals surface area (Å²) < 4.78 is 29.2. The minimum absolute atomic E-state index is 0.264. The van der Waals surface area contributed by atoms with Crippen LogP contribution in [-0.4, -0.2) is 19.5 Å². The Morgan fingerprint density at radius 2 is 2.13 bits per heavy atom. The van der Waals surface area contributed by atoms with Gasteiger partial charge in [0.15, 0.2) is 0 Å². The molecule has 1 rings (SSSR count). The molecular weight excluding hydrogens is 270 g/mol. The molecule has 0 fully saturated rings. The van der Waals surface area contributed by atoms with Gasteiger partial charge < -0.3 is 4.74 Å². The molecule has 1 unspecified atom stereocenters. The zero-order valence-electron chi connectivity index (χ0n) is 7.91. The summed E-state index contributed by atoms with van der Waals surface area (Å²) in [6, 6.07) is 5.97. The van der Waals surface area contributed by atoms with Crippen LogP contribution < -0.4 is 0 Å². The van der Waals surface area contributed by atoms with Crippen molar-refractivity contribution in [1.82, 2.24) is 0 Å². The summed E-state index contributed by atoms with van der Waals surface area (Å²) in [5, 5.41) is 0. The van der Waals surface area contributed by atoms with Gasteiger partial charge in [-0.05, 0) is 17.7 Å². The average molecular weight is 279 g/mol. The van der Waals surface area contributed by atoms with Crippen LogP contribution in [0.1, 0.15) is 20.7 Å². The number of alkyl halides is 3. The van der Waals surface area contributed by atoms with Gasteiger partial charge in [-0.1, -0.05) is 28.1 Å². The van der Waals surface area contributed by atoms with Crippen molar-refractivity contribution in [2.75, 3.05) is 7.11 Å². The highest BCUT2D eigenvalue weighted by Gasteiger charge is 2.19. The van der Waals surface area contributed by atoms with E-state index >= 15 is 0 Å². The Kier molecular flexibility index (Phi) is 4.20. The molecule has 1 aromatic carbocycles. The molecule has 1 atom stereocenters. The molecule has 0 heterocycles. The molecule has 0 saturated heterocycles. The lowest BCUT2D eigenvalue weighted by Gasteiger charge is -2.09. The van der Waals surface area contributed by atoms with E-state index in [2.05, 4.69) is 20.7 Å². The van der Waals surface area contributed by atoms with Crippen molar-refractivity contribution in [3.63, 3.8) is 0 Å². The Hall–Kier alpha value is -0.970. The van der Waals surface area contributed by atoms with E-state index in [0.717, 1.165) is 0 Å². The van der Waals surface area contributed by atoms with Crippen LogP contribution in [0.15, 0.2) is 24.3 Å². The van der Waals surface area contributed by atoms with Crippen LogP contribution >= 0.6 is 15.9 Å². The van der Waals surface area contributed by atoms with Crippen molar-refractivity contribution in [2.45, 2.75) is 11.3 Å². The smallest absolute Gasteiger partial charge is 0.337 e. The van der Waals surface area contributed by atoms with Crippen LogP contribution in [0.25, 0.3) is 0 Å². The summed E-state index contributed by atoms with van der Waals surface area (Å²) in [5.41, 5.74) is 0.619. The maximum absolute atomic E-state index is 12.4. The third-order valence-corrected chi connectivity index (χ3v) is 2.78. The van der Waals surface area contributed by atoms with Crippen LogP contribution in [0.3, 0.4) is 0 Å². The Bertz CT molecular complexity index is 355. The molecule has 2 nitrogen and oxygen atoms in total. The molecule has 0 aliphatic carbocycles. The number of hydrogen-bond donors (Lipinski definition) is 0. The van der Waals surface area contributed by atoms with E-state index in [1.807, 2.05) is 0 Å². The number of methoxy groups -OCH3 is 1. The maximum atomic E-state index is 12.4. The van der Waals surface area contributed by atoms with Crippen molar-refractivity contribution in [3.05, 3.63) is 35.4 Å². The van der Waals surface area contributed by atoms with E-state index in [9.17, 15) is 13.6 Å². The number of halogens is 3. The first-order valence-corrected chi connectivity index (χ1v) is 5.08. The summed E-state index contributed by atoms with van der Waals surface area (Å²) in [7, 11) is 1.24. The van der Waals surface area contributed by atoms with E-state index in [4.69, 9.17) is 0 Å². The summed E-state index contributed by atoms with van der Waals surface area (Å²) in [4.78, 5) is 10.1. The van der Waals surface area contributed by atoms with Gasteiger partial charge in [-0.15, -0.1) is 0 Å². The normalized spacial score (nSPS) is 12.6. The standard InChI is InChI=1S/C10H9BrF2O2/c1-15-10(14)7-4-2-3-6(5-7)8(11)9(12)13/h2-5,8-9H,1H3. The zero-order valence-corrected chi connectivity index (χ0v) is 9.50. The highest BCUT2D eigenvalue weighted by molar-refractivity contribution is 9.09. The van der Waals surface area contributed by atoms with Gasteiger partial charge in [0.05, 0.1) is 12.7 Å². The third-order valence-electron chi connectivity index (χ3n) is 1.85. The Balaban J connectivity index is 2.97. The van der Waals surface area contributed by atoms with Gasteiger partial charge in [0.1, 0.15) is 4.83 Å². The first kappa shape index (κ1) is 12.1. The molecule has 1 aromatic rings. The second kappa shape index (κ2) is 5.21. The second-order valence-electron chi connectivity index (χ2n) is 2.85. The van der Waals surface area contributed by atoms with Gasteiger partial charge in [0.25, 0.3) is 6.43 Å². The van der Waals surface area contributed by atoms with Gasteiger partial charge in [-0.25, -0.2) is 13.6 Å². The number of ether oxygens (including phenoxy) is 1. The Morgan fingerprint density at radius 3 is 2.67 bits per heavy atom. The fourth-order valence-electron chi connectivity index (χ4n) is 1.10. The highest BCUT2D eigenvalue weighted by Crippen LogP contribution is 2.29. The number of benzene rings is 1. The van der Waals surface area contributed by atoms with E-state index in [0.29, 0.717) is 5.56 Å². The number of hydrogen-bond acceptors (Lipinski definition) is 2. The molecule has 0 aromatic heterocycles. The molecule has 15 heavy (non-hydrogen) atoms. The molecule has 5 heteroatoms. The molecule has 0 bridgehead atoms. The molecule has 0 amide bonds. The van der Waals surface area contributed by atoms with Crippen LogP contribution in [-0.2, 0) is 4.74 Å². The summed E-state index contributed by atoms with van der Waals surface area (Å²) >= 11 is 2.85. The molecule has 0 N–H and O–H groups in total. The molecule has 82 valence electrons. The first-order valence-electron chi connectivity index (χ1n) is 4.16. The summed E-state index contributed by atoms with van der Waals surface area (Å²) in [6.45, 7) is 0. The minimum Gasteiger partial charge on any atom is -0.465 e. The second-order valence-corrected chi connectivity index (χ2v) is 3.84. The van der Waals surface area contributed by atoms with Crippen LogP contribution in [0.2, 0.25) is 0 Å². The van der Waals surface area contributed by atoms with Crippen molar-refractivity contribution in [1.29, 1.82) is 0 Å². The number of carbonyl (C=O) groups is 1. The molecule has 0 saturated carbocycles. The van der Waals surface area contributed by atoms with Gasteiger partial charge in [0, 0.05) is 0 Å². The van der Waals surface area contributed by atoms with Crippen LogP contribution in [0, 0.1) is 0 Å². The first-order chi connectivity index (χ1) is 7.06. The minimum atomic E-state index is -2.52.